The van der Waals surface area contributed by atoms with Crippen LogP contribution in [0, 0.1) is 0 Å². The van der Waals surface area contributed by atoms with E-state index in [9.17, 15) is 14.1 Å². The number of likely N-dealkylation sites (N-methyl/N-ethyl adjacent to an activating group) is 1. The molecule has 2 atom stereocenters. The number of likely N-dealkylation sites (tertiary alicyclic amines) is 1. The van der Waals surface area contributed by atoms with Crippen LogP contribution in [0.1, 0.15) is 18.0 Å². The van der Waals surface area contributed by atoms with E-state index in [2.05, 4.69) is 38.5 Å². The molecule has 1 unspecified atom stereocenters. The monoisotopic (exact) mass is 547 g/mol. The molecule has 1 saturated heterocycles. The summed E-state index contributed by atoms with van der Waals surface area (Å²) in [6.45, 7) is 1.80. The molecule has 39 heavy (non-hydrogen) atoms. The summed E-state index contributed by atoms with van der Waals surface area (Å²) in [7, 11) is 1.28. The zero-order valence-electron chi connectivity index (χ0n) is 21.9. The number of fused-ring (bicyclic) bond motifs is 2. The molecule has 0 aliphatic carbocycles. The minimum absolute atomic E-state index is 0.176. The van der Waals surface area contributed by atoms with Gasteiger partial charge in [0.15, 0.2) is 6.61 Å². The molecule has 1 aromatic heterocycles. The second-order valence-corrected chi connectivity index (χ2v) is 10.5. The Balaban J connectivity index is 1.40. The molecule has 2 heterocycles. The van der Waals surface area contributed by atoms with Crippen LogP contribution in [0.2, 0.25) is 0 Å². The molecule has 0 bridgehead atoms. The maximum absolute atomic E-state index is 13.5. The standard InChI is InChI=1S/C29H31N4O5S/c1-32(26(18-33-16-14-21(34)17-33)23-10-5-8-20-7-3-4-9-22(20)23)28(35)19-38-27-13-12-25(31-39(36)37-2)29-24(27)11-6-15-30-29/h3-13,15,21,26,34H,14,16-19H2,1-2H3/q-1/t21-,26?/m0/s1. The van der Waals surface area contributed by atoms with Crippen LogP contribution in [0.25, 0.3) is 21.7 Å². The summed E-state index contributed by atoms with van der Waals surface area (Å²) in [5.74, 6) is 0.297. The number of ether oxygens (including phenoxy) is 1. The first kappa shape index (κ1) is 27.0. The Morgan fingerprint density at radius 3 is 2.74 bits per heavy atom. The van der Waals surface area contributed by atoms with Gasteiger partial charge < -0.3 is 27.5 Å². The van der Waals surface area contributed by atoms with Gasteiger partial charge in [0.2, 0.25) is 0 Å². The second-order valence-electron chi connectivity index (χ2n) is 9.54. The van der Waals surface area contributed by atoms with Gasteiger partial charge in [-0.2, -0.15) is 0 Å². The van der Waals surface area contributed by atoms with E-state index < -0.39 is 10.9 Å². The van der Waals surface area contributed by atoms with Gasteiger partial charge in [0.1, 0.15) is 5.75 Å². The minimum Gasteiger partial charge on any atom is -0.483 e. The normalized spacial score (nSPS) is 17.5. The number of aliphatic hydroxyl groups excluding tert-OH is 1. The predicted octanol–water partition coefficient (Wildman–Crippen LogP) is 4.37. The van der Waals surface area contributed by atoms with E-state index in [1.165, 1.54) is 7.11 Å². The van der Waals surface area contributed by atoms with Crippen molar-refractivity contribution >= 4 is 44.1 Å². The first-order chi connectivity index (χ1) is 18.9. The second kappa shape index (κ2) is 12.1. The first-order valence-corrected chi connectivity index (χ1v) is 13.8. The van der Waals surface area contributed by atoms with Crippen molar-refractivity contribution in [3.05, 3.63) is 78.5 Å². The van der Waals surface area contributed by atoms with Crippen molar-refractivity contribution in [3.8, 4) is 5.75 Å². The van der Waals surface area contributed by atoms with Crippen LogP contribution in [0.5, 0.6) is 5.75 Å². The number of amides is 1. The molecule has 1 aliphatic rings. The van der Waals surface area contributed by atoms with Gasteiger partial charge >= 0.3 is 0 Å². The number of hydrogen-bond donors (Lipinski definition) is 1. The molecule has 5 rings (SSSR count). The highest BCUT2D eigenvalue weighted by molar-refractivity contribution is 7.69. The molecule has 1 aliphatic heterocycles. The number of carbonyl (C=O) groups excluding carboxylic acids is 1. The van der Waals surface area contributed by atoms with Crippen LogP contribution in [-0.4, -0.2) is 72.3 Å². The minimum atomic E-state index is -1.83. The molecule has 204 valence electrons. The fourth-order valence-electron chi connectivity index (χ4n) is 5.06. The van der Waals surface area contributed by atoms with Gasteiger partial charge in [-0.15, -0.1) is 0 Å². The molecule has 1 amide bonds. The Bertz CT molecular complexity index is 1570. The largest absolute Gasteiger partial charge is 0.483 e. The van der Waals surface area contributed by atoms with E-state index in [1.54, 1.807) is 36.3 Å². The molecule has 4 aromatic rings. The van der Waals surface area contributed by atoms with Gasteiger partial charge in [-0.25, -0.2) is 0 Å². The summed E-state index contributed by atoms with van der Waals surface area (Å²) in [6.07, 6.45) is 1.99. The van der Waals surface area contributed by atoms with E-state index >= 15 is 0 Å². The average molecular weight is 548 g/mol. The maximum atomic E-state index is 13.5. The fourth-order valence-corrected chi connectivity index (χ4v) is 5.44. The summed E-state index contributed by atoms with van der Waals surface area (Å²) in [4.78, 5) is 21.8. The summed E-state index contributed by atoms with van der Waals surface area (Å²) in [5, 5.41) is 13.0. The number of aliphatic hydroxyl groups is 1. The molecule has 1 fully saturated rings. The summed E-state index contributed by atoms with van der Waals surface area (Å²) in [5.41, 5.74) is 1.96. The van der Waals surface area contributed by atoms with Gasteiger partial charge in [0.05, 0.1) is 23.3 Å². The van der Waals surface area contributed by atoms with Crippen molar-refractivity contribution < 1.29 is 23.0 Å². The van der Waals surface area contributed by atoms with E-state index in [0.29, 0.717) is 35.4 Å². The van der Waals surface area contributed by atoms with E-state index in [4.69, 9.17) is 8.92 Å². The lowest BCUT2D eigenvalue weighted by Crippen LogP contribution is -2.41. The molecule has 9 nitrogen and oxygen atoms in total. The highest BCUT2D eigenvalue weighted by Gasteiger charge is 2.29. The van der Waals surface area contributed by atoms with Crippen molar-refractivity contribution in [1.82, 2.24) is 14.8 Å². The van der Waals surface area contributed by atoms with Gasteiger partial charge in [0.25, 0.3) is 5.91 Å². The quantitative estimate of drug-likeness (QED) is 0.310. The Morgan fingerprint density at radius 2 is 1.95 bits per heavy atom. The summed E-state index contributed by atoms with van der Waals surface area (Å²) >= 11 is 0. The zero-order valence-corrected chi connectivity index (χ0v) is 22.7. The SMILES string of the molecule is CO[S-](=O)=Nc1ccc(OCC(=O)N(C)C(CN2CC[C@H](O)C2)c2cccc3ccccc23)c2cccnc12. The molecule has 0 radical (unpaired) electrons. The number of β-amino-alcohol motifs (C(OH)–C–C–N with tert-alkyl or cyclic N) is 1. The predicted molar refractivity (Wildman–Crippen MR) is 151 cm³/mol. The number of pyridine rings is 1. The lowest BCUT2D eigenvalue weighted by molar-refractivity contribution is -0.134. The molecular weight excluding hydrogens is 516 g/mol. The molecular formula is C29H31N4O5S-. The van der Waals surface area contributed by atoms with Crippen LogP contribution in [0.4, 0.5) is 5.69 Å². The van der Waals surface area contributed by atoms with E-state index in [0.717, 1.165) is 29.3 Å². The first-order valence-electron chi connectivity index (χ1n) is 12.8. The number of benzene rings is 3. The number of carbonyl (C=O) groups is 1. The van der Waals surface area contributed by atoms with Gasteiger partial charge in [0, 0.05) is 45.4 Å². The van der Waals surface area contributed by atoms with Crippen molar-refractivity contribution in [3.63, 3.8) is 0 Å². The zero-order chi connectivity index (χ0) is 27.4. The molecule has 3 aromatic carbocycles. The molecule has 0 spiro atoms. The average Bonchev–Trinajstić information content (AvgIpc) is 3.39. The highest BCUT2D eigenvalue weighted by Crippen LogP contribution is 2.33. The Kier molecular flexibility index (Phi) is 8.37. The van der Waals surface area contributed by atoms with Crippen LogP contribution < -0.4 is 4.74 Å². The smallest absolute Gasteiger partial charge is 0.260 e. The Hall–Kier alpha value is -3.57. The highest BCUT2D eigenvalue weighted by atomic mass is 32.2. The van der Waals surface area contributed by atoms with Crippen molar-refractivity contribution in [1.29, 1.82) is 0 Å². The number of rotatable bonds is 9. The third kappa shape index (κ3) is 6.04. The van der Waals surface area contributed by atoms with Crippen molar-refractivity contribution in [2.45, 2.75) is 18.6 Å². The summed E-state index contributed by atoms with van der Waals surface area (Å²) in [6, 6.07) is 21.0. The number of nitrogens with zero attached hydrogens (tertiary/aromatic N) is 4. The topological polar surface area (TPSA) is 105 Å². The van der Waals surface area contributed by atoms with Crippen LogP contribution in [-0.2, 0) is 24.1 Å². The van der Waals surface area contributed by atoms with Gasteiger partial charge in [-0.05, 0) is 47.0 Å². The molecule has 10 heteroatoms. The van der Waals surface area contributed by atoms with E-state index in [1.807, 2.05) is 24.3 Å². The van der Waals surface area contributed by atoms with Crippen molar-refractivity contribution in [2.75, 3.05) is 40.4 Å². The number of hydrogen-bond acceptors (Lipinski definition) is 9. The Labute approximate surface area is 229 Å². The molecule has 0 saturated carbocycles. The third-order valence-electron chi connectivity index (χ3n) is 7.10. The molecule has 1 N–H and O–H groups in total. The lowest BCUT2D eigenvalue weighted by Gasteiger charge is -2.33. The van der Waals surface area contributed by atoms with Crippen molar-refractivity contribution in [2.24, 2.45) is 4.36 Å². The lowest BCUT2D eigenvalue weighted by atomic mass is 9.97. The van der Waals surface area contributed by atoms with Gasteiger partial charge in [-0.3, -0.25) is 14.7 Å². The van der Waals surface area contributed by atoms with Gasteiger partial charge in [-0.1, -0.05) is 53.3 Å². The summed E-state index contributed by atoms with van der Waals surface area (Å²) < 4.78 is 26.6. The number of aromatic nitrogens is 1. The van der Waals surface area contributed by atoms with Crippen LogP contribution in [0.3, 0.4) is 0 Å². The Morgan fingerprint density at radius 1 is 1.15 bits per heavy atom. The van der Waals surface area contributed by atoms with Crippen LogP contribution in [0.15, 0.2) is 77.3 Å². The van der Waals surface area contributed by atoms with E-state index in [-0.39, 0.29) is 24.7 Å². The maximum Gasteiger partial charge on any atom is 0.260 e. The third-order valence-corrected chi connectivity index (χ3v) is 7.73. The van der Waals surface area contributed by atoms with Crippen LogP contribution >= 0.6 is 0 Å². The fraction of sp³-hybridized carbons (Fsp3) is 0.310.